The van der Waals surface area contributed by atoms with E-state index in [1.807, 2.05) is 13.8 Å². The molecule has 8 heteroatoms. The van der Waals surface area contributed by atoms with Crippen LogP contribution in [0.4, 0.5) is 0 Å². The minimum absolute atomic E-state index is 0.403. The van der Waals surface area contributed by atoms with Crippen LogP contribution >= 0.6 is 22.7 Å². The van der Waals surface area contributed by atoms with E-state index in [2.05, 4.69) is 15.2 Å². The monoisotopic (exact) mass is 347 g/mol. The van der Waals surface area contributed by atoms with Crippen LogP contribution in [-0.2, 0) is 4.74 Å². The van der Waals surface area contributed by atoms with Gasteiger partial charge in [-0.1, -0.05) is 22.5 Å². The Morgan fingerprint density at radius 2 is 2.00 bits per heavy atom. The molecule has 1 aromatic carbocycles. The molecule has 0 atom stereocenters. The zero-order valence-corrected chi connectivity index (χ0v) is 14.3. The lowest BCUT2D eigenvalue weighted by Crippen LogP contribution is -2.04. The van der Waals surface area contributed by atoms with E-state index >= 15 is 0 Å². The average molecular weight is 347 g/mol. The number of hydrogen-bond donors (Lipinski definition) is 0. The van der Waals surface area contributed by atoms with Crippen molar-refractivity contribution >= 4 is 28.6 Å². The molecule has 0 radical (unpaired) electrons. The van der Waals surface area contributed by atoms with Gasteiger partial charge in [0.15, 0.2) is 0 Å². The van der Waals surface area contributed by atoms with Crippen molar-refractivity contribution in [3.05, 3.63) is 39.8 Å². The molecule has 0 aliphatic rings. The van der Waals surface area contributed by atoms with Crippen molar-refractivity contribution in [1.29, 1.82) is 0 Å². The van der Waals surface area contributed by atoms with Crippen molar-refractivity contribution in [2.24, 2.45) is 0 Å². The predicted octanol–water partition coefficient (Wildman–Crippen LogP) is 3.86. The molecule has 3 aromatic rings. The summed E-state index contributed by atoms with van der Waals surface area (Å²) >= 11 is 2.82. The summed E-state index contributed by atoms with van der Waals surface area (Å²) in [5, 5.41) is 9.80. The number of carbonyl (C=O) groups is 1. The van der Waals surface area contributed by atoms with Gasteiger partial charge in [-0.15, -0.1) is 16.4 Å². The van der Waals surface area contributed by atoms with Crippen LogP contribution in [0.3, 0.4) is 0 Å². The van der Waals surface area contributed by atoms with E-state index in [0.29, 0.717) is 27.1 Å². The first-order chi connectivity index (χ1) is 11.1. The van der Waals surface area contributed by atoms with Crippen LogP contribution in [0.5, 0.6) is 10.9 Å². The molecule has 0 fully saturated rings. The zero-order valence-electron chi connectivity index (χ0n) is 12.7. The van der Waals surface area contributed by atoms with Crippen molar-refractivity contribution in [1.82, 2.24) is 15.2 Å². The van der Waals surface area contributed by atoms with Crippen LogP contribution in [0.25, 0.3) is 10.6 Å². The van der Waals surface area contributed by atoms with Gasteiger partial charge in [-0.3, -0.25) is 0 Å². The molecule has 0 bridgehead atoms. The van der Waals surface area contributed by atoms with Crippen molar-refractivity contribution in [2.45, 2.75) is 13.8 Å². The molecule has 2 heterocycles. The molecule has 6 nitrogen and oxygen atoms in total. The van der Waals surface area contributed by atoms with Gasteiger partial charge < -0.3 is 9.47 Å². The summed E-state index contributed by atoms with van der Waals surface area (Å²) < 4.78 is 10.7. The zero-order chi connectivity index (χ0) is 16.4. The van der Waals surface area contributed by atoms with Gasteiger partial charge >= 0.3 is 5.97 Å². The van der Waals surface area contributed by atoms with Gasteiger partial charge in [-0.25, -0.2) is 9.78 Å². The highest BCUT2D eigenvalue weighted by Crippen LogP contribution is 2.39. The van der Waals surface area contributed by atoms with Crippen LogP contribution in [-0.4, -0.2) is 28.3 Å². The summed E-state index contributed by atoms with van der Waals surface area (Å²) in [6, 6.07) is 5.20. The lowest BCUT2D eigenvalue weighted by Gasteiger charge is -2.11. The van der Waals surface area contributed by atoms with Crippen LogP contribution in [0.15, 0.2) is 24.4 Å². The fraction of sp³-hybridized carbons (Fsp3) is 0.200. The van der Waals surface area contributed by atoms with E-state index in [9.17, 15) is 4.79 Å². The number of ether oxygens (including phenoxy) is 2. The number of hydrogen-bond acceptors (Lipinski definition) is 8. The number of methoxy groups -OCH3 is 1. The van der Waals surface area contributed by atoms with Crippen molar-refractivity contribution in [3.63, 3.8) is 0 Å². The quantitative estimate of drug-likeness (QED) is 0.667. The third-order valence-electron chi connectivity index (χ3n) is 2.97. The Bertz CT molecular complexity index is 857. The smallest absolute Gasteiger partial charge is 0.338 e. The van der Waals surface area contributed by atoms with E-state index < -0.39 is 5.97 Å². The predicted molar refractivity (Wildman–Crippen MR) is 88.3 cm³/mol. The molecule has 0 saturated heterocycles. The minimum atomic E-state index is -0.438. The lowest BCUT2D eigenvalue weighted by molar-refractivity contribution is 0.0601. The second-order valence-electron chi connectivity index (χ2n) is 4.64. The number of aromatic nitrogens is 3. The Balaban J connectivity index is 2.12. The molecule has 0 amide bonds. The Morgan fingerprint density at radius 3 is 2.61 bits per heavy atom. The first-order valence-electron chi connectivity index (χ1n) is 6.70. The van der Waals surface area contributed by atoms with Crippen LogP contribution in [0.1, 0.15) is 20.2 Å². The molecular formula is C15H13N3O3S2. The highest BCUT2D eigenvalue weighted by molar-refractivity contribution is 7.15. The maximum atomic E-state index is 12.1. The van der Waals surface area contributed by atoms with Gasteiger partial charge in [0.25, 0.3) is 5.19 Å². The highest BCUT2D eigenvalue weighted by Gasteiger charge is 2.21. The number of benzene rings is 1. The average Bonchev–Trinajstić information content (AvgIpc) is 3.15. The molecule has 2 aromatic heterocycles. The molecule has 118 valence electrons. The number of esters is 1. The number of carbonyl (C=O) groups excluding carboxylic acids is 1. The van der Waals surface area contributed by atoms with Crippen molar-refractivity contribution in [2.75, 3.05) is 7.11 Å². The summed E-state index contributed by atoms with van der Waals surface area (Å²) in [4.78, 5) is 17.5. The summed E-state index contributed by atoms with van der Waals surface area (Å²) in [6.07, 6.45) is 1.76. The van der Waals surface area contributed by atoms with Gasteiger partial charge in [-0.2, -0.15) is 0 Å². The lowest BCUT2D eigenvalue weighted by atomic mass is 10.1. The number of nitrogens with zero attached hydrogens (tertiary/aromatic N) is 3. The minimum Gasteiger partial charge on any atom is -0.465 e. The standard InChI is InChI=1S/C15H13N3O3S2/c1-8-7-16-13(22-8)12-10(14(19)20-3)5-4-6-11(12)21-15-18-17-9(2)23-15/h4-7H,1-3H3. The van der Waals surface area contributed by atoms with Crippen LogP contribution in [0.2, 0.25) is 0 Å². The van der Waals surface area contributed by atoms with Gasteiger partial charge in [-0.05, 0) is 26.0 Å². The maximum Gasteiger partial charge on any atom is 0.338 e. The Labute approximate surface area is 140 Å². The second kappa shape index (κ2) is 6.43. The van der Waals surface area contributed by atoms with Crippen molar-refractivity contribution < 1.29 is 14.3 Å². The van der Waals surface area contributed by atoms with E-state index in [-0.39, 0.29) is 0 Å². The summed E-state index contributed by atoms with van der Waals surface area (Å²) in [7, 11) is 1.35. The molecule has 0 saturated carbocycles. The van der Waals surface area contributed by atoms with E-state index in [4.69, 9.17) is 9.47 Å². The molecular weight excluding hydrogens is 334 g/mol. The van der Waals surface area contributed by atoms with Crippen LogP contribution in [0, 0.1) is 13.8 Å². The molecule has 0 aliphatic carbocycles. The Morgan fingerprint density at radius 1 is 1.17 bits per heavy atom. The largest absolute Gasteiger partial charge is 0.465 e. The topological polar surface area (TPSA) is 74.2 Å². The fourth-order valence-electron chi connectivity index (χ4n) is 2.00. The molecule has 23 heavy (non-hydrogen) atoms. The molecule has 0 N–H and O–H groups in total. The highest BCUT2D eigenvalue weighted by atomic mass is 32.1. The summed E-state index contributed by atoms with van der Waals surface area (Å²) in [6.45, 7) is 3.80. The van der Waals surface area contributed by atoms with Gasteiger partial charge in [0.05, 0.1) is 18.2 Å². The Kier molecular flexibility index (Phi) is 4.35. The number of rotatable bonds is 4. The molecule has 0 unspecified atom stereocenters. The summed E-state index contributed by atoms with van der Waals surface area (Å²) in [5.41, 5.74) is 1.01. The number of aryl methyl sites for hydroxylation is 2. The van der Waals surface area contributed by atoms with Crippen LogP contribution < -0.4 is 4.74 Å². The maximum absolute atomic E-state index is 12.1. The fourth-order valence-corrected chi connectivity index (χ4v) is 3.38. The van der Waals surface area contributed by atoms with E-state index in [0.717, 1.165) is 9.88 Å². The van der Waals surface area contributed by atoms with E-state index in [1.165, 1.54) is 29.8 Å². The third-order valence-corrected chi connectivity index (χ3v) is 4.62. The van der Waals surface area contributed by atoms with Gasteiger partial charge in [0.2, 0.25) is 0 Å². The SMILES string of the molecule is COC(=O)c1cccc(Oc2nnc(C)s2)c1-c1ncc(C)s1. The molecule has 3 rings (SSSR count). The molecule has 0 spiro atoms. The normalized spacial score (nSPS) is 10.6. The molecule has 0 aliphatic heterocycles. The first-order valence-corrected chi connectivity index (χ1v) is 8.34. The first kappa shape index (κ1) is 15.6. The number of thiazole rings is 1. The third kappa shape index (κ3) is 3.22. The van der Waals surface area contributed by atoms with Gasteiger partial charge in [0, 0.05) is 11.1 Å². The van der Waals surface area contributed by atoms with Crippen molar-refractivity contribution in [3.8, 4) is 21.5 Å². The van der Waals surface area contributed by atoms with E-state index in [1.54, 1.807) is 24.4 Å². The second-order valence-corrected chi connectivity index (χ2v) is 7.01. The summed E-state index contributed by atoms with van der Waals surface area (Å²) in [5.74, 6) is 0.0603. The Hall–Kier alpha value is -2.32. The van der Waals surface area contributed by atoms with Gasteiger partial charge in [0.1, 0.15) is 15.8 Å².